The lowest BCUT2D eigenvalue weighted by Crippen LogP contribution is -1.93. The standard InChI is InChI=1S/C11H10ClNO2/c1-9-10(5-2-3-8-12)6-4-7-11(9)13(14)15/h4,6-7H,3,8H2,1H3. The van der Waals surface area contributed by atoms with Gasteiger partial charge < -0.3 is 0 Å². The third-order valence-corrected chi connectivity index (χ3v) is 2.13. The molecule has 0 saturated heterocycles. The van der Waals surface area contributed by atoms with E-state index in [0.717, 1.165) is 0 Å². The normalized spacial score (nSPS) is 9.20. The molecule has 0 heterocycles. The van der Waals surface area contributed by atoms with E-state index >= 15 is 0 Å². The number of nitro benzene ring substituents is 1. The molecule has 78 valence electrons. The maximum absolute atomic E-state index is 10.6. The highest BCUT2D eigenvalue weighted by Crippen LogP contribution is 2.20. The van der Waals surface area contributed by atoms with Gasteiger partial charge in [-0.1, -0.05) is 17.9 Å². The molecule has 1 aromatic carbocycles. The Morgan fingerprint density at radius 1 is 1.53 bits per heavy atom. The van der Waals surface area contributed by atoms with Crippen molar-refractivity contribution in [1.82, 2.24) is 0 Å². The Balaban J connectivity index is 3.06. The molecule has 1 aromatic rings. The molecule has 0 aliphatic rings. The summed E-state index contributed by atoms with van der Waals surface area (Å²) in [7, 11) is 0. The highest BCUT2D eigenvalue weighted by molar-refractivity contribution is 6.18. The molecule has 15 heavy (non-hydrogen) atoms. The number of alkyl halides is 1. The lowest BCUT2D eigenvalue weighted by atomic mass is 10.1. The summed E-state index contributed by atoms with van der Waals surface area (Å²) in [5, 5.41) is 10.6. The molecular weight excluding hydrogens is 214 g/mol. The summed E-state index contributed by atoms with van der Waals surface area (Å²) in [4.78, 5) is 10.2. The zero-order valence-electron chi connectivity index (χ0n) is 8.29. The molecule has 0 aromatic heterocycles. The van der Waals surface area contributed by atoms with Gasteiger partial charge in [-0.05, 0) is 13.0 Å². The van der Waals surface area contributed by atoms with Gasteiger partial charge in [0.1, 0.15) is 0 Å². The molecule has 1 rings (SSSR count). The van der Waals surface area contributed by atoms with Crippen LogP contribution in [0.3, 0.4) is 0 Å². The average molecular weight is 224 g/mol. The minimum Gasteiger partial charge on any atom is -0.258 e. The molecule has 0 aliphatic carbocycles. The van der Waals surface area contributed by atoms with Crippen LogP contribution in [0.4, 0.5) is 5.69 Å². The van der Waals surface area contributed by atoms with Crippen LogP contribution in [-0.4, -0.2) is 10.8 Å². The lowest BCUT2D eigenvalue weighted by molar-refractivity contribution is -0.385. The summed E-state index contributed by atoms with van der Waals surface area (Å²) in [6.07, 6.45) is 0.587. The van der Waals surface area contributed by atoms with Crippen molar-refractivity contribution in [3.8, 4) is 11.8 Å². The van der Waals surface area contributed by atoms with E-state index in [9.17, 15) is 10.1 Å². The minimum atomic E-state index is -0.401. The molecule has 0 radical (unpaired) electrons. The molecule has 0 unspecified atom stereocenters. The van der Waals surface area contributed by atoms with Crippen LogP contribution in [0, 0.1) is 28.9 Å². The van der Waals surface area contributed by atoms with E-state index in [2.05, 4.69) is 11.8 Å². The van der Waals surface area contributed by atoms with Crippen molar-refractivity contribution in [2.24, 2.45) is 0 Å². The largest absolute Gasteiger partial charge is 0.273 e. The topological polar surface area (TPSA) is 43.1 Å². The van der Waals surface area contributed by atoms with Crippen molar-refractivity contribution in [3.63, 3.8) is 0 Å². The van der Waals surface area contributed by atoms with E-state index in [1.807, 2.05) is 0 Å². The first-order chi connectivity index (χ1) is 7.16. The number of hydrogen-bond donors (Lipinski definition) is 0. The number of halogens is 1. The maximum atomic E-state index is 10.6. The first-order valence-corrected chi connectivity index (χ1v) is 4.99. The third kappa shape index (κ3) is 2.97. The Labute approximate surface area is 93.2 Å². The fourth-order valence-electron chi connectivity index (χ4n) is 1.16. The summed E-state index contributed by atoms with van der Waals surface area (Å²) in [5.41, 5.74) is 1.39. The molecular formula is C11H10ClNO2. The number of nitro groups is 1. The van der Waals surface area contributed by atoms with E-state index in [0.29, 0.717) is 23.4 Å². The van der Waals surface area contributed by atoms with E-state index in [4.69, 9.17) is 11.6 Å². The first-order valence-electron chi connectivity index (χ1n) is 4.45. The van der Waals surface area contributed by atoms with Gasteiger partial charge in [0.25, 0.3) is 5.69 Å². The van der Waals surface area contributed by atoms with Crippen LogP contribution in [-0.2, 0) is 0 Å². The molecule has 0 saturated carbocycles. The highest BCUT2D eigenvalue weighted by Gasteiger charge is 2.11. The first kappa shape index (κ1) is 11.5. The van der Waals surface area contributed by atoms with Crippen molar-refractivity contribution >= 4 is 17.3 Å². The maximum Gasteiger partial charge on any atom is 0.273 e. The molecule has 0 bridgehead atoms. The highest BCUT2D eigenvalue weighted by atomic mass is 35.5. The zero-order valence-corrected chi connectivity index (χ0v) is 9.04. The quantitative estimate of drug-likeness (QED) is 0.335. The van der Waals surface area contributed by atoms with Crippen LogP contribution in [0.5, 0.6) is 0 Å². The fraction of sp³-hybridized carbons (Fsp3) is 0.273. The van der Waals surface area contributed by atoms with Gasteiger partial charge in [0.2, 0.25) is 0 Å². The van der Waals surface area contributed by atoms with Gasteiger partial charge in [-0.25, -0.2) is 0 Å². The Morgan fingerprint density at radius 3 is 2.87 bits per heavy atom. The Morgan fingerprint density at radius 2 is 2.27 bits per heavy atom. The molecule has 0 amide bonds. The van der Waals surface area contributed by atoms with E-state index in [-0.39, 0.29) is 5.69 Å². The van der Waals surface area contributed by atoms with Crippen molar-refractivity contribution in [3.05, 3.63) is 39.4 Å². The van der Waals surface area contributed by atoms with Gasteiger partial charge in [-0.3, -0.25) is 10.1 Å². The Hall–Kier alpha value is -1.53. The van der Waals surface area contributed by atoms with Crippen molar-refractivity contribution in [2.45, 2.75) is 13.3 Å². The molecule has 0 fully saturated rings. The van der Waals surface area contributed by atoms with E-state index in [1.54, 1.807) is 19.1 Å². The summed E-state index contributed by atoms with van der Waals surface area (Å²) >= 11 is 5.48. The van der Waals surface area contributed by atoms with Crippen molar-refractivity contribution in [1.29, 1.82) is 0 Å². The van der Waals surface area contributed by atoms with Crippen LogP contribution in [0.15, 0.2) is 18.2 Å². The van der Waals surface area contributed by atoms with Gasteiger partial charge in [0.05, 0.1) is 4.92 Å². The fourth-order valence-corrected chi connectivity index (χ4v) is 1.26. The average Bonchev–Trinajstić information content (AvgIpc) is 2.20. The lowest BCUT2D eigenvalue weighted by Gasteiger charge is -1.98. The van der Waals surface area contributed by atoms with Crippen molar-refractivity contribution in [2.75, 3.05) is 5.88 Å². The monoisotopic (exact) mass is 223 g/mol. The SMILES string of the molecule is Cc1c(C#CCCCl)cccc1[N+](=O)[O-]. The zero-order chi connectivity index (χ0) is 11.3. The second kappa shape index (κ2) is 5.38. The van der Waals surface area contributed by atoms with E-state index < -0.39 is 4.92 Å². The molecule has 4 heteroatoms. The summed E-state index contributed by atoms with van der Waals surface area (Å²) in [6, 6.07) is 4.88. The molecule has 0 N–H and O–H groups in total. The van der Waals surface area contributed by atoms with Crippen LogP contribution in [0.25, 0.3) is 0 Å². The van der Waals surface area contributed by atoms with Crippen LogP contribution >= 0.6 is 11.6 Å². The van der Waals surface area contributed by atoms with Crippen LogP contribution < -0.4 is 0 Å². The van der Waals surface area contributed by atoms with Gasteiger partial charge in [-0.2, -0.15) is 0 Å². The minimum absolute atomic E-state index is 0.104. The molecule has 0 spiro atoms. The Bertz CT molecular complexity index is 432. The number of rotatable bonds is 2. The van der Waals surface area contributed by atoms with Gasteiger partial charge >= 0.3 is 0 Å². The summed E-state index contributed by atoms with van der Waals surface area (Å²) in [6.45, 7) is 1.70. The smallest absolute Gasteiger partial charge is 0.258 e. The summed E-state index contributed by atoms with van der Waals surface area (Å²) in [5.74, 6) is 6.20. The predicted molar refractivity (Wildman–Crippen MR) is 60.0 cm³/mol. The van der Waals surface area contributed by atoms with Gasteiger partial charge in [0, 0.05) is 29.5 Å². The number of nitrogens with zero attached hydrogens (tertiary/aromatic N) is 1. The van der Waals surface area contributed by atoms with Gasteiger partial charge in [0.15, 0.2) is 0 Å². The van der Waals surface area contributed by atoms with Gasteiger partial charge in [-0.15, -0.1) is 11.6 Å². The second-order valence-electron chi connectivity index (χ2n) is 2.95. The van der Waals surface area contributed by atoms with E-state index in [1.165, 1.54) is 6.07 Å². The van der Waals surface area contributed by atoms with Crippen molar-refractivity contribution < 1.29 is 4.92 Å². The summed E-state index contributed by atoms with van der Waals surface area (Å²) < 4.78 is 0. The number of hydrogen-bond acceptors (Lipinski definition) is 2. The second-order valence-corrected chi connectivity index (χ2v) is 3.33. The molecule has 0 atom stereocenters. The Kier molecular flexibility index (Phi) is 4.14. The predicted octanol–water partition coefficient (Wildman–Crippen LogP) is 2.88. The third-order valence-electron chi connectivity index (χ3n) is 1.94. The molecule has 0 aliphatic heterocycles. The molecule has 3 nitrogen and oxygen atoms in total. The number of benzene rings is 1. The van der Waals surface area contributed by atoms with Crippen LogP contribution in [0.1, 0.15) is 17.5 Å². The van der Waals surface area contributed by atoms with Crippen LogP contribution in [0.2, 0.25) is 0 Å².